The van der Waals surface area contributed by atoms with Crippen LogP contribution in [0.15, 0.2) is 128 Å². The third-order valence-corrected chi connectivity index (χ3v) is 8.42. The summed E-state index contributed by atoms with van der Waals surface area (Å²) < 4.78 is 2.26. The summed E-state index contributed by atoms with van der Waals surface area (Å²) in [6.07, 6.45) is 23.0. The average Bonchev–Trinajstić information content (AvgIpc) is 3.95. The van der Waals surface area contributed by atoms with E-state index in [1.165, 1.54) is 0 Å². The molecule has 2 aliphatic rings. The molecule has 0 aliphatic carbocycles. The largest absolute Gasteiger partial charge is 0.355 e. The first kappa shape index (κ1) is 27.5. The quantitative estimate of drug-likeness (QED) is 0.212. The third-order valence-electron chi connectivity index (χ3n) is 8.42. The van der Waals surface area contributed by atoms with Gasteiger partial charge in [0.05, 0.1) is 45.7 Å². The van der Waals surface area contributed by atoms with Gasteiger partial charge in [0.15, 0.2) is 0 Å². The molecule has 8 nitrogen and oxygen atoms in total. The fourth-order valence-electron chi connectivity index (χ4n) is 6.44. The molecule has 226 valence electrons. The molecule has 8 bridgehead atoms. The van der Waals surface area contributed by atoms with Gasteiger partial charge in [-0.05, 0) is 85.0 Å². The Kier molecular flexibility index (Phi) is 6.61. The van der Waals surface area contributed by atoms with Crippen LogP contribution >= 0.6 is 0 Å². The van der Waals surface area contributed by atoms with Crippen molar-refractivity contribution in [3.63, 3.8) is 0 Å². The summed E-state index contributed by atoms with van der Waals surface area (Å²) in [5.41, 5.74) is 13.7. The predicted octanol–water partition coefficient (Wildman–Crippen LogP) is 8.70. The van der Waals surface area contributed by atoms with E-state index in [4.69, 9.17) is 9.97 Å². The Hall–Kier alpha value is -6.80. The van der Waals surface area contributed by atoms with Gasteiger partial charge < -0.3 is 9.55 Å². The second kappa shape index (κ2) is 11.5. The van der Waals surface area contributed by atoms with Crippen molar-refractivity contribution in [2.24, 2.45) is 0 Å². The van der Waals surface area contributed by atoms with E-state index in [2.05, 4.69) is 90.2 Å². The molecule has 7 aromatic rings. The summed E-state index contributed by atoms with van der Waals surface area (Å²) in [5.74, 6) is 0. The highest BCUT2D eigenvalue weighted by Gasteiger charge is 2.26. The third kappa shape index (κ3) is 4.89. The number of fused-ring (bicyclic) bond motifs is 8. The highest BCUT2D eigenvalue weighted by atomic mass is 15.0. The second-order valence-corrected chi connectivity index (χ2v) is 11.5. The summed E-state index contributed by atoms with van der Waals surface area (Å²) >= 11 is 0. The van der Waals surface area contributed by atoms with Crippen molar-refractivity contribution in [3.8, 4) is 39.1 Å². The zero-order chi connectivity index (χ0) is 31.9. The number of hydrogen-bond acceptors (Lipinski definition) is 6. The summed E-state index contributed by atoms with van der Waals surface area (Å²) in [7, 11) is 0. The van der Waals surface area contributed by atoms with Crippen LogP contribution in [0.25, 0.3) is 85.4 Å². The van der Waals surface area contributed by atoms with E-state index >= 15 is 0 Å². The number of H-pyrrole nitrogens is 1. The van der Waals surface area contributed by atoms with E-state index in [1.807, 2.05) is 67.3 Å². The van der Waals surface area contributed by atoms with Gasteiger partial charge >= 0.3 is 0 Å². The molecule has 0 fully saturated rings. The molecule has 0 spiro atoms. The summed E-state index contributed by atoms with van der Waals surface area (Å²) in [6, 6.07) is 26.5. The molecule has 1 N–H and O–H groups in total. The minimum atomic E-state index is 0.811. The van der Waals surface area contributed by atoms with Crippen LogP contribution in [-0.4, -0.2) is 39.5 Å². The molecular weight excluding hydrogens is 592 g/mol. The van der Waals surface area contributed by atoms with E-state index in [9.17, 15) is 0 Å². The Labute approximate surface area is 275 Å². The molecule has 0 amide bonds. The van der Waals surface area contributed by atoms with Gasteiger partial charge in [0.25, 0.3) is 0 Å². The van der Waals surface area contributed by atoms with Gasteiger partial charge in [-0.2, -0.15) is 0 Å². The molecule has 8 heteroatoms. The monoisotopic (exact) mass is 618 g/mol. The highest BCUT2D eigenvalue weighted by molar-refractivity contribution is 6.10. The fourth-order valence-corrected chi connectivity index (χ4v) is 6.44. The smallest absolute Gasteiger partial charge is 0.0737 e. The summed E-state index contributed by atoms with van der Waals surface area (Å²) in [6.45, 7) is 0. The number of rotatable bonds is 4. The Balaban J connectivity index is 1.61. The molecule has 0 saturated heterocycles. The maximum absolute atomic E-state index is 5.22. The van der Waals surface area contributed by atoms with E-state index in [0.29, 0.717) is 0 Å². The van der Waals surface area contributed by atoms with Crippen molar-refractivity contribution in [2.75, 3.05) is 0 Å². The first-order valence-electron chi connectivity index (χ1n) is 15.6. The van der Waals surface area contributed by atoms with Crippen LogP contribution in [0.3, 0.4) is 0 Å². The Morgan fingerprint density at radius 2 is 1.02 bits per heavy atom. The van der Waals surface area contributed by atoms with Crippen molar-refractivity contribution in [1.82, 2.24) is 39.5 Å². The molecule has 9 rings (SSSR count). The number of nitrogens with zero attached hydrogens (tertiary/aromatic N) is 7. The number of pyridine rings is 4. The first-order valence-corrected chi connectivity index (χ1v) is 15.6. The standard InChI is InChI=1S/C40H26N8/c1-5-26(22-41-15-1)37-35-14-13-32(47-35)20-31-10-9-29(45-31)19-30-11-12-33(46-30)21-36-38(27-6-2-16-42-23-27)39(28-7-3-17-43-24-28)40(37)48(36)34-8-4-18-44-25-34/h1-25,45H. The molecule has 0 saturated carbocycles. The highest BCUT2D eigenvalue weighted by Crippen LogP contribution is 2.46. The number of nitrogens with one attached hydrogen (secondary N) is 1. The topological polar surface area (TPSA) is 98.1 Å². The van der Waals surface area contributed by atoms with Crippen LogP contribution in [-0.2, 0) is 0 Å². The maximum Gasteiger partial charge on any atom is 0.0737 e. The Bertz CT molecular complexity index is 2530. The van der Waals surface area contributed by atoms with Crippen LogP contribution in [0.1, 0.15) is 22.8 Å². The van der Waals surface area contributed by atoms with Crippen molar-refractivity contribution < 1.29 is 0 Å². The zero-order valence-corrected chi connectivity index (χ0v) is 25.6. The van der Waals surface area contributed by atoms with Gasteiger partial charge in [-0.25, -0.2) is 9.97 Å². The molecule has 9 heterocycles. The molecule has 0 atom stereocenters. The van der Waals surface area contributed by atoms with Gasteiger partial charge in [-0.1, -0.05) is 18.2 Å². The summed E-state index contributed by atoms with van der Waals surface area (Å²) in [4.78, 5) is 32.0. The minimum absolute atomic E-state index is 0.811. The van der Waals surface area contributed by atoms with Crippen LogP contribution in [0.5, 0.6) is 0 Å². The molecule has 0 unspecified atom stereocenters. The minimum Gasteiger partial charge on any atom is -0.355 e. The lowest BCUT2D eigenvalue weighted by atomic mass is 9.95. The van der Waals surface area contributed by atoms with Gasteiger partial charge in [0.2, 0.25) is 0 Å². The number of aromatic nitrogens is 8. The van der Waals surface area contributed by atoms with Crippen molar-refractivity contribution in [3.05, 3.63) is 151 Å². The van der Waals surface area contributed by atoms with Gasteiger partial charge in [-0.3, -0.25) is 19.9 Å². The Morgan fingerprint density at radius 3 is 1.62 bits per heavy atom. The predicted molar refractivity (Wildman–Crippen MR) is 191 cm³/mol. The number of hydrogen-bond donors (Lipinski definition) is 1. The van der Waals surface area contributed by atoms with Gasteiger partial charge in [-0.15, -0.1) is 0 Å². The second-order valence-electron chi connectivity index (χ2n) is 11.5. The average molecular weight is 619 g/mol. The zero-order valence-electron chi connectivity index (χ0n) is 25.6. The normalized spacial score (nSPS) is 12.0. The molecule has 48 heavy (non-hydrogen) atoms. The van der Waals surface area contributed by atoms with E-state index < -0.39 is 0 Å². The maximum atomic E-state index is 5.22. The fraction of sp³-hybridized carbons (Fsp3) is 0. The lowest BCUT2D eigenvalue weighted by molar-refractivity contribution is 1.13. The van der Waals surface area contributed by atoms with E-state index in [1.54, 1.807) is 24.8 Å². The Morgan fingerprint density at radius 1 is 0.479 bits per heavy atom. The van der Waals surface area contributed by atoms with Crippen LogP contribution in [0.4, 0.5) is 0 Å². The number of aromatic amines is 1. The van der Waals surface area contributed by atoms with Crippen molar-refractivity contribution >= 4 is 46.4 Å². The van der Waals surface area contributed by atoms with Crippen molar-refractivity contribution in [1.29, 1.82) is 0 Å². The van der Waals surface area contributed by atoms with Crippen LogP contribution in [0.2, 0.25) is 0 Å². The summed E-state index contributed by atoms with van der Waals surface area (Å²) in [5, 5.41) is 0. The molecular formula is C40H26N8. The molecule has 2 aliphatic heterocycles. The molecule has 7 aromatic heterocycles. The lowest BCUT2D eigenvalue weighted by Gasteiger charge is -2.12. The van der Waals surface area contributed by atoms with E-state index in [0.717, 1.165) is 83.9 Å². The van der Waals surface area contributed by atoms with Crippen LogP contribution in [0, 0.1) is 0 Å². The lowest BCUT2D eigenvalue weighted by Crippen LogP contribution is -1.98. The van der Waals surface area contributed by atoms with Crippen LogP contribution < -0.4 is 0 Å². The molecule has 0 aromatic carbocycles. The van der Waals surface area contributed by atoms with Gasteiger partial charge in [0, 0.05) is 87.8 Å². The molecule has 0 radical (unpaired) electrons. The first-order chi connectivity index (χ1) is 23.8. The van der Waals surface area contributed by atoms with Crippen molar-refractivity contribution in [2.45, 2.75) is 0 Å². The SMILES string of the molecule is C1=Cc2cc3c(-c4cccnc4)c(-c4cccnc4)c(c(-c4cccnc4)c4nc(cc5ccc(cc1n2)[nH]5)C=C4)n3-c1cccnc1. The van der Waals surface area contributed by atoms with E-state index in [-0.39, 0.29) is 0 Å². The van der Waals surface area contributed by atoms with Gasteiger partial charge in [0.1, 0.15) is 0 Å².